The Balaban J connectivity index is 2.10. The van der Waals surface area contributed by atoms with Crippen LogP contribution in [0.2, 0.25) is 0 Å². The lowest BCUT2D eigenvalue weighted by molar-refractivity contribution is 0.725. The van der Waals surface area contributed by atoms with Crippen LogP contribution in [0, 0.1) is 0 Å². The van der Waals surface area contributed by atoms with Crippen molar-refractivity contribution in [1.29, 1.82) is 0 Å². The molecule has 1 atom stereocenters. The van der Waals surface area contributed by atoms with Crippen LogP contribution >= 0.6 is 11.3 Å². The number of rotatable bonds is 0. The smallest absolute Gasteiger partial charge is 0.194 e. The highest BCUT2D eigenvalue weighted by Crippen LogP contribution is 2.39. The predicted molar refractivity (Wildman–Crippen MR) is 70.6 cm³/mol. The van der Waals surface area contributed by atoms with Gasteiger partial charge in [-0.05, 0) is 17.9 Å². The maximum Gasteiger partial charge on any atom is 0.194 e. The molecule has 0 saturated carbocycles. The third-order valence-electron chi connectivity index (χ3n) is 3.61. The summed E-state index contributed by atoms with van der Waals surface area (Å²) in [6.07, 6.45) is 3.22. The molecule has 0 spiro atoms. The topological polar surface area (TPSA) is 17.3 Å². The lowest BCUT2D eigenvalue weighted by atomic mass is 9.84. The van der Waals surface area contributed by atoms with Crippen LogP contribution in [0.5, 0.6) is 0 Å². The van der Waals surface area contributed by atoms with Gasteiger partial charge in [-0.15, -0.1) is 11.3 Å². The number of benzene rings is 1. The van der Waals surface area contributed by atoms with Gasteiger partial charge in [-0.2, -0.15) is 0 Å². The van der Waals surface area contributed by atoms with Crippen molar-refractivity contribution in [2.45, 2.75) is 19.3 Å². The third-order valence-corrected chi connectivity index (χ3v) is 4.36. The van der Waals surface area contributed by atoms with E-state index in [1.165, 1.54) is 22.5 Å². The van der Waals surface area contributed by atoms with Crippen molar-refractivity contribution in [3.8, 4) is 11.3 Å². The normalized spacial score (nSPS) is 18.1. The molecule has 2 heterocycles. The minimum Gasteiger partial charge on any atom is -0.294 e. The molecule has 2 nitrogen and oxygen atoms in total. The van der Waals surface area contributed by atoms with Gasteiger partial charge < -0.3 is 0 Å². The first kappa shape index (κ1) is 9.42. The van der Waals surface area contributed by atoms with Gasteiger partial charge in [-0.1, -0.05) is 31.2 Å². The molecule has 1 aliphatic rings. The molecule has 3 aromatic rings. The lowest BCUT2D eigenvalue weighted by Gasteiger charge is -2.21. The molecule has 1 unspecified atom stereocenters. The van der Waals surface area contributed by atoms with Gasteiger partial charge in [0, 0.05) is 17.1 Å². The second-order valence-electron chi connectivity index (χ2n) is 4.66. The third kappa shape index (κ3) is 1.17. The van der Waals surface area contributed by atoms with Gasteiger partial charge in [0.25, 0.3) is 0 Å². The molecule has 0 bridgehead atoms. The summed E-state index contributed by atoms with van der Waals surface area (Å²) < 4.78 is 2.24. The molecule has 4 rings (SSSR count). The minimum absolute atomic E-state index is 0.582. The number of thiazole rings is 1. The van der Waals surface area contributed by atoms with E-state index in [1.54, 1.807) is 11.3 Å². The van der Waals surface area contributed by atoms with Gasteiger partial charge in [0.05, 0.1) is 11.4 Å². The Bertz CT molecular complexity index is 708. The zero-order chi connectivity index (χ0) is 11.4. The molecule has 1 aromatic carbocycles. The van der Waals surface area contributed by atoms with Crippen LogP contribution in [0.15, 0.2) is 35.8 Å². The van der Waals surface area contributed by atoms with E-state index in [9.17, 15) is 0 Å². The molecule has 0 amide bonds. The molecular weight excluding hydrogens is 228 g/mol. The Kier molecular flexibility index (Phi) is 1.77. The van der Waals surface area contributed by atoms with Crippen molar-refractivity contribution < 1.29 is 0 Å². The van der Waals surface area contributed by atoms with Crippen molar-refractivity contribution in [2.75, 3.05) is 0 Å². The minimum atomic E-state index is 0.582. The molecule has 84 valence electrons. The van der Waals surface area contributed by atoms with Crippen LogP contribution < -0.4 is 0 Å². The first-order valence-corrected chi connectivity index (χ1v) is 6.76. The van der Waals surface area contributed by atoms with Crippen LogP contribution in [0.1, 0.15) is 24.1 Å². The van der Waals surface area contributed by atoms with E-state index in [2.05, 4.69) is 47.2 Å². The van der Waals surface area contributed by atoms with Crippen LogP contribution in [0.4, 0.5) is 0 Å². The Morgan fingerprint density at radius 1 is 1.35 bits per heavy atom. The van der Waals surface area contributed by atoms with E-state index in [-0.39, 0.29) is 0 Å². The predicted octanol–water partition coefficient (Wildman–Crippen LogP) is 3.72. The van der Waals surface area contributed by atoms with E-state index in [0.29, 0.717) is 5.92 Å². The second kappa shape index (κ2) is 3.20. The molecular formula is C14H12N2S. The van der Waals surface area contributed by atoms with Crippen LogP contribution in [0.25, 0.3) is 16.2 Å². The monoisotopic (exact) mass is 240 g/mol. The fraction of sp³-hybridized carbons (Fsp3) is 0.214. The number of fused-ring (bicyclic) bond motifs is 5. The maximum atomic E-state index is 4.77. The molecule has 0 fully saturated rings. The zero-order valence-corrected chi connectivity index (χ0v) is 10.4. The van der Waals surface area contributed by atoms with Gasteiger partial charge in [-0.25, -0.2) is 4.98 Å². The van der Waals surface area contributed by atoms with Crippen molar-refractivity contribution in [3.05, 3.63) is 47.1 Å². The van der Waals surface area contributed by atoms with E-state index >= 15 is 0 Å². The number of hydrogen-bond acceptors (Lipinski definition) is 2. The molecule has 2 aromatic heterocycles. The number of hydrogen-bond donors (Lipinski definition) is 0. The first-order chi connectivity index (χ1) is 8.34. The summed E-state index contributed by atoms with van der Waals surface area (Å²) >= 11 is 1.71. The Hall–Kier alpha value is -1.61. The number of imidazole rings is 1. The average molecular weight is 240 g/mol. The first-order valence-electron chi connectivity index (χ1n) is 5.88. The fourth-order valence-electron chi connectivity index (χ4n) is 2.79. The van der Waals surface area contributed by atoms with Gasteiger partial charge in [-0.3, -0.25) is 4.40 Å². The Morgan fingerprint density at radius 3 is 3.18 bits per heavy atom. The molecule has 0 aliphatic heterocycles. The highest BCUT2D eigenvalue weighted by Gasteiger charge is 2.25. The van der Waals surface area contributed by atoms with Crippen molar-refractivity contribution in [2.24, 2.45) is 0 Å². The highest BCUT2D eigenvalue weighted by atomic mass is 32.1. The van der Waals surface area contributed by atoms with Gasteiger partial charge in [0.15, 0.2) is 4.96 Å². The Morgan fingerprint density at radius 2 is 2.24 bits per heavy atom. The van der Waals surface area contributed by atoms with E-state index in [0.717, 1.165) is 11.4 Å². The van der Waals surface area contributed by atoms with Gasteiger partial charge >= 0.3 is 0 Å². The van der Waals surface area contributed by atoms with Crippen LogP contribution in [-0.2, 0) is 6.42 Å². The van der Waals surface area contributed by atoms with Gasteiger partial charge in [0.1, 0.15) is 0 Å². The van der Waals surface area contributed by atoms with Crippen molar-refractivity contribution in [1.82, 2.24) is 9.38 Å². The summed E-state index contributed by atoms with van der Waals surface area (Å²) in [6.45, 7) is 2.30. The molecule has 17 heavy (non-hydrogen) atoms. The quantitative estimate of drug-likeness (QED) is 0.585. The summed E-state index contributed by atoms with van der Waals surface area (Å²) in [5, 5.41) is 2.10. The summed E-state index contributed by atoms with van der Waals surface area (Å²) in [4.78, 5) is 5.88. The van der Waals surface area contributed by atoms with E-state index in [4.69, 9.17) is 4.98 Å². The molecule has 3 heteroatoms. The SMILES string of the molecule is CC1Cc2c(nc3sccn23)-c2ccccc21. The second-order valence-corrected chi connectivity index (χ2v) is 5.53. The number of nitrogens with zero attached hydrogens (tertiary/aromatic N) is 2. The van der Waals surface area contributed by atoms with Crippen LogP contribution in [-0.4, -0.2) is 9.38 Å². The Labute approximate surface area is 104 Å². The average Bonchev–Trinajstić information content (AvgIpc) is 2.91. The highest BCUT2D eigenvalue weighted by molar-refractivity contribution is 7.15. The van der Waals surface area contributed by atoms with Crippen LogP contribution in [0.3, 0.4) is 0 Å². The summed E-state index contributed by atoms with van der Waals surface area (Å²) in [5.74, 6) is 0.582. The van der Waals surface area contributed by atoms with E-state index in [1.807, 2.05) is 0 Å². The molecule has 0 radical (unpaired) electrons. The van der Waals surface area contributed by atoms with Crippen molar-refractivity contribution in [3.63, 3.8) is 0 Å². The summed E-state index contributed by atoms with van der Waals surface area (Å²) in [5.41, 5.74) is 5.31. The standard InChI is InChI=1S/C14H12N2S/c1-9-8-12-13(11-5-3-2-4-10(9)11)15-14-16(12)6-7-17-14/h2-7,9H,8H2,1H3. The molecule has 1 aliphatic carbocycles. The fourth-order valence-corrected chi connectivity index (χ4v) is 3.52. The van der Waals surface area contributed by atoms with Gasteiger partial charge in [0.2, 0.25) is 0 Å². The molecule has 0 N–H and O–H groups in total. The largest absolute Gasteiger partial charge is 0.294 e. The summed E-state index contributed by atoms with van der Waals surface area (Å²) in [7, 11) is 0. The lowest BCUT2D eigenvalue weighted by Crippen LogP contribution is -2.09. The van der Waals surface area contributed by atoms with E-state index < -0.39 is 0 Å². The van der Waals surface area contributed by atoms with Crippen molar-refractivity contribution >= 4 is 16.3 Å². The zero-order valence-electron chi connectivity index (χ0n) is 9.55. The maximum absolute atomic E-state index is 4.77. The summed E-state index contributed by atoms with van der Waals surface area (Å²) in [6, 6.07) is 8.66. The molecule has 0 saturated heterocycles. The number of aromatic nitrogens is 2.